The van der Waals surface area contributed by atoms with Crippen LogP contribution in [0.2, 0.25) is 0 Å². The maximum absolute atomic E-state index is 13.2. The molecule has 1 aromatic carbocycles. The second kappa shape index (κ2) is 5.49. The molecular weight excluding hydrogens is 241 g/mol. The maximum Gasteiger partial charge on any atom is 0.127 e. The fourth-order valence-corrected chi connectivity index (χ4v) is 2.94. The average molecular weight is 265 g/mol. The van der Waals surface area contributed by atoms with Gasteiger partial charge in [-0.1, -0.05) is 20.8 Å². The summed E-state index contributed by atoms with van der Waals surface area (Å²) in [6, 6.07) is 4.31. The number of aromatic hydroxyl groups is 1. The van der Waals surface area contributed by atoms with Gasteiger partial charge in [0.1, 0.15) is 11.6 Å². The molecule has 0 spiro atoms. The molecule has 0 aromatic heterocycles. The van der Waals surface area contributed by atoms with Crippen molar-refractivity contribution in [3.05, 3.63) is 29.6 Å². The highest BCUT2D eigenvalue weighted by molar-refractivity contribution is 5.28. The van der Waals surface area contributed by atoms with Gasteiger partial charge in [0.25, 0.3) is 0 Å². The van der Waals surface area contributed by atoms with Crippen LogP contribution >= 0.6 is 0 Å². The molecule has 0 aliphatic carbocycles. The van der Waals surface area contributed by atoms with E-state index in [-0.39, 0.29) is 11.6 Å². The van der Waals surface area contributed by atoms with Gasteiger partial charge in [-0.2, -0.15) is 0 Å². The number of phenolic OH excluding ortho intramolecular Hbond substituents is 1. The summed E-state index contributed by atoms with van der Waals surface area (Å²) in [7, 11) is 0. The van der Waals surface area contributed by atoms with Gasteiger partial charge in [0.2, 0.25) is 0 Å². The minimum Gasteiger partial charge on any atom is -0.508 e. The van der Waals surface area contributed by atoms with Crippen molar-refractivity contribution in [3.8, 4) is 5.75 Å². The Morgan fingerprint density at radius 3 is 2.37 bits per heavy atom. The van der Waals surface area contributed by atoms with Gasteiger partial charge < -0.3 is 5.11 Å². The Morgan fingerprint density at radius 2 is 1.84 bits per heavy atom. The van der Waals surface area contributed by atoms with E-state index in [1.807, 2.05) is 0 Å². The lowest BCUT2D eigenvalue weighted by Crippen LogP contribution is -2.37. The first-order valence-corrected chi connectivity index (χ1v) is 7.05. The molecule has 3 heteroatoms. The van der Waals surface area contributed by atoms with Crippen molar-refractivity contribution in [1.82, 2.24) is 4.90 Å². The number of rotatable bonds is 2. The Balaban J connectivity index is 1.92. The van der Waals surface area contributed by atoms with E-state index >= 15 is 0 Å². The molecule has 0 radical (unpaired) electrons. The van der Waals surface area contributed by atoms with Gasteiger partial charge >= 0.3 is 0 Å². The van der Waals surface area contributed by atoms with Crippen LogP contribution in [-0.2, 0) is 6.54 Å². The lowest BCUT2D eigenvalue weighted by molar-refractivity contribution is 0.108. The number of halogens is 1. The quantitative estimate of drug-likeness (QED) is 0.879. The van der Waals surface area contributed by atoms with E-state index in [4.69, 9.17) is 0 Å². The molecule has 1 aromatic rings. The van der Waals surface area contributed by atoms with E-state index in [0.29, 0.717) is 5.41 Å². The molecule has 2 rings (SSSR count). The van der Waals surface area contributed by atoms with E-state index in [2.05, 4.69) is 25.7 Å². The molecule has 0 unspecified atom stereocenters. The second-order valence-corrected chi connectivity index (χ2v) is 6.73. The van der Waals surface area contributed by atoms with Gasteiger partial charge in [-0.3, -0.25) is 4.90 Å². The molecule has 0 bridgehead atoms. The molecular formula is C16H24FNO. The van der Waals surface area contributed by atoms with Gasteiger partial charge in [-0.05, 0) is 55.0 Å². The number of benzene rings is 1. The van der Waals surface area contributed by atoms with Crippen molar-refractivity contribution in [1.29, 1.82) is 0 Å². The largest absolute Gasteiger partial charge is 0.508 e. The lowest BCUT2D eigenvalue weighted by atomic mass is 9.75. The zero-order chi connectivity index (χ0) is 14.0. The predicted molar refractivity (Wildman–Crippen MR) is 75.5 cm³/mol. The number of hydrogen-bond donors (Lipinski definition) is 1. The van der Waals surface area contributed by atoms with Crippen LogP contribution in [-0.4, -0.2) is 23.1 Å². The molecule has 0 saturated carbocycles. The third-order valence-corrected chi connectivity index (χ3v) is 4.16. The summed E-state index contributed by atoms with van der Waals surface area (Å²) in [4.78, 5) is 2.34. The van der Waals surface area contributed by atoms with E-state index in [0.717, 1.165) is 37.2 Å². The zero-order valence-corrected chi connectivity index (χ0v) is 12.1. The summed E-state index contributed by atoms with van der Waals surface area (Å²) in [5.74, 6) is 0.420. The minimum atomic E-state index is -0.362. The summed E-state index contributed by atoms with van der Waals surface area (Å²) in [5, 5.41) is 9.41. The van der Waals surface area contributed by atoms with Gasteiger partial charge in [0, 0.05) is 12.6 Å². The fraction of sp³-hybridized carbons (Fsp3) is 0.625. The normalized spacial score (nSPS) is 18.7. The van der Waals surface area contributed by atoms with Crippen LogP contribution in [0.5, 0.6) is 5.75 Å². The first kappa shape index (κ1) is 14.3. The third-order valence-electron chi connectivity index (χ3n) is 4.16. The molecule has 1 heterocycles. The first-order chi connectivity index (χ1) is 8.84. The van der Waals surface area contributed by atoms with Gasteiger partial charge in [-0.25, -0.2) is 4.39 Å². The molecule has 0 amide bonds. The van der Waals surface area contributed by atoms with Crippen molar-refractivity contribution in [3.63, 3.8) is 0 Å². The number of nitrogens with zero attached hydrogens (tertiary/aromatic N) is 1. The van der Waals surface area contributed by atoms with Crippen LogP contribution in [0.1, 0.15) is 39.2 Å². The molecule has 2 nitrogen and oxygen atoms in total. The Bertz CT molecular complexity index is 411. The molecule has 0 atom stereocenters. The van der Waals surface area contributed by atoms with Crippen LogP contribution in [0, 0.1) is 17.2 Å². The Kier molecular flexibility index (Phi) is 4.14. The predicted octanol–water partition coefficient (Wildman–Crippen LogP) is 3.79. The summed E-state index contributed by atoms with van der Waals surface area (Å²) in [6.07, 6.45) is 2.40. The highest BCUT2D eigenvalue weighted by Crippen LogP contribution is 2.34. The number of likely N-dealkylation sites (tertiary alicyclic amines) is 1. The van der Waals surface area contributed by atoms with E-state index < -0.39 is 0 Å². The molecule has 19 heavy (non-hydrogen) atoms. The lowest BCUT2D eigenvalue weighted by Gasteiger charge is -2.38. The molecule has 1 aliphatic rings. The van der Waals surface area contributed by atoms with E-state index in [1.54, 1.807) is 6.07 Å². The molecule has 1 fully saturated rings. The standard InChI is InChI=1S/C16H24FNO/c1-16(2,3)13-4-6-18(7-5-13)11-12-8-14(17)10-15(19)9-12/h8-10,13,19H,4-7,11H2,1-3H3. The highest BCUT2D eigenvalue weighted by atomic mass is 19.1. The Morgan fingerprint density at radius 1 is 1.21 bits per heavy atom. The fourth-order valence-electron chi connectivity index (χ4n) is 2.94. The number of phenols is 1. The smallest absolute Gasteiger partial charge is 0.127 e. The molecule has 1 N–H and O–H groups in total. The SMILES string of the molecule is CC(C)(C)C1CCN(Cc2cc(O)cc(F)c2)CC1. The topological polar surface area (TPSA) is 23.5 Å². The monoisotopic (exact) mass is 265 g/mol. The van der Waals surface area contributed by atoms with Crippen molar-refractivity contribution >= 4 is 0 Å². The van der Waals surface area contributed by atoms with Crippen LogP contribution in [0.15, 0.2) is 18.2 Å². The highest BCUT2D eigenvalue weighted by Gasteiger charge is 2.28. The average Bonchev–Trinajstić information content (AvgIpc) is 2.26. The summed E-state index contributed by atoms with van der Waals surface area (Å²) in [6.45, 7) is 9.74. The van der Waals surface area contributed by atoms with Crippen LogP contribution in [0.3, 0.4) is 0 Å². The summed E-state index contributed by atoms with van der Waals surface area (Å²) >= 11 is 0. The second-order valence-electron chi connectivity index (χ2n) is 6.73. The Hall–Kier alpha value is -1.09. The first-order valence-electron chi connectivity index (χ1n) is 7.05. The Labute approximate surface area is 115 Å². The van der Waals surface area contributed by atoms with Crippen molar-refractivity contribution in [2.45, 2.75) is 40.2 Å². The van der Waals surface area contributed by atoms with Gasteiger partial charge in [0.05, 0.1) is 0 Å². The maximum atomic E-state index is 13.2. The van der Waals surface area contributed by atoms with Crippen molar-refractivity contribution in [2.24, 2.45) is 11.3 Å². The number of hydrogen-bond acceptors (Lipinski definition) is 2. The van der Waals surface area contributed by atoms with E-state index in [1.165, 1.54) is 18.9 Å². The van der Waals surface area contributed by atoms with Gasteiger partial charge in [0.15, 0.2) is 0 Å². The minimum absolute atomic E-state index is 0.0135. The zero-order valence-electron chi connectivity index (χ0n) is 12.1. The molecule has 1 aliphatic heterocycles. The summed E-state index contributed by atoms with van der Waals surface area (Å²) in [5.41, 5.74) is 1.23. The van der Waals surface area contributed by atoms with Gasteiger partial charge in [-0.15, -0.1) is 0 Å². The van der Waals surface area contributed by atoms with Crippen LogP contribution < -0.4 is 0 Å². The summed E-state index contributed by atoms with van der Waals surface area (Å²) < 4.78 is 13.2. The van der Waals surface area contributed by atoms with Crippen LogP contribution in [0.4, 0.5) is 4.39 Å². The van der Waals surface area contributed by atoms with Crippen LogP contribution in [0.25, 0.3) is 0 Å². The van der Waals surface area contributed by atoms with Crippen molar-refractivity contribution < 1.29 is 9.50 Å². The molecule has 106 valence electrons. The third kappa shape index (κ3) is 3.93. The molecule has 1 saturated heterocycles. The van der Waals surface area contributed by atoms with Crippen molar-refractivity contribution in [2.75, 3.05) is 13.1 Å². The number of piperidine rings is 1. The van der Waals surface area contributed by atoms with E-state index in [9.17, 15) is 9.50 Å².